The van der Waals surface area contributed by atoms with Gasteiger partial charge in [-0.1, -0.05) is 12.1 Å². The molecule has 0 amide bonds. The lowest BCUT2D eigenvalue weighted by molar-refractivity contribution is 0.342. The second kappa shape index (κ2) is 5.92. The zero-order valence-corrected chi connectivity index (χ0v) is 11.1. The smallest absolute Gasteiger partial charge is 0.142 e. The van der Waals surface area contributed by atoms with E-state index in [9.17, 15) is 0 Å². The van der Waals surface area contributed by atoms with Gasteiger partial charge in [-0.05, 0) is 49.7 Å². The molecule has 0 aliphatic rings. The van der Waals surface area contributed by atoms with Gasteiger partial charge >= 0.3 is 0 Å². The summed E-state index contributed by atoms with van der Waals surface area (Å²) in [6.45, 7) is 4.57. The van der Waals surface area contributed by atoms with E-state index in [-0.39, 0.29) is 0 Å². The van der Waals surface area contributed by atoms with Crippen molar-refractivity contribution in [3.63, 3.8) is 0 Å². The first-order chi connectivity index (χ1) is 9.24. The molecule has 19 heavy (non-hydrogen) atoms. The Bertz CT molecular complexity index is 614. The van der Waals surface area contributed by atoms with Crippen LogP contribution in [0.25, 0.3) is 0 Å². The van der Waals surface area contributed by atoms with Crippen LogP contribution in [-0.4, -0.2) is 6.61 Å². The highest BCUT2D eigenvalue weighted by atomic mass is 16.5. The highest BCUT2D eigenvalue weighted by Gasteiger charge is 2.05. The number of nitrogens with zero attached hydrogens (tertiary/aromatic N) is 1. The van der Waals surface area contributed by atoms with Crippen LogP contribution in [0.2, 0.25) is 0 Å². The van der Waals surface area contributed by atoms with Crippen molar-refractivity contribution in [1.29, 1.82) is 5.26 Å². The summed E-state index contributed by atoms with van der Waals surface area (Å²) in [5, 5.41) is 12.2. The Kier molecular flexibility index (Phi) is 4.04. The molecule has 3 nitrogen and oxygen atoms in total. The number of benzene rings is 2. The molecule has 2 aromatic rings. The highest BCUT2D eigenvalue weighted by Crippen LogP contribution is 2.29. The summed E-state index contributed by atoms with van der Waals surface area (Å²) in [6.07, 6.45) is 0. The lowest BCUT2D eigenvalue weighted by atomic mass is 10.1. The molecular formula is C16H16N2O. The molecular weight excluding hydrogens is 236 g/mol. The number of ether oxygens (including phenoxy) is 1. The number of para-hydroxylation sites is 2. The first kappa shape index (κ1) is 13.0. The maximum atomic E-state index is 8.87. The van der Waals surface area contributed by atoms with Crippen LogP contribution in [-0.2, 0) is 0 Å². The Hall–Kier alpha value is -2.47. The van der Waals surface area contributed by atoms with E-state index < -0.39 is 0 Å². The van der Waals surface area contributed by atoms with Crippen molar-refractivity contribution >= 4 is 11.4 Å². The van der Waals surface area contributed by atoms with Gasteiger partial charge in [0.2, 0.25) is 0 Å². The van der Waals surface area contributed by atoms with E-state index in [1.165, 1.54) is 0 Å². The summed E-state index contributed by atoms with van der Waals surface area (Å²) in [6, 6.07) is 15.5. The molecule has 0 aliphatic carbocycles. The molecule has 0 bridgehead atoms. The summed E-state index contributed by atoms with van der Waals surface area (Å²) in [5.74, 6) is 0.828. The number of anilines is 2. The molecule has 3 heteroatoms. The molecule has 0 unspecified atom stereocenters. The van der Waals surface area contributed by atoms with Crippen molar-refractivity contribution in [1.82, 2.24) is 0 Å². The van der Waals surface area contributed by atoms with Crippen molar-refractivity contribution < 1.29 is 4.74 Å². The van der Waals surface area contributed by atoms with Gasteiger partial charge in [-0.2, -0.15) is 5.26 Å². The molecule has 2 rings (SSSR count). The van der Waals surface area contributed by atoms with Crippen LogP contribution in [0.4, 0.5) is 11.4 Å². The van der Waals surface area contributed by atoms with E-state index in [4.69, 9.17) is 10.00 Å². The van der Waals surface area contributed by atoms with Gasteiger partial charge < -0.3 is 10.1 Å². The molecule has 0 saturated heterocycles. The van der Waals surface area contributed by atoms with Crippen molar-refractivity contribution in [2.75, 3.05) is 11.9 Å². The third-order valence-electron chi connectivity index (χ3n) is 2.81. The minimum absolute atomic E-state index is 0.630. The Morgan fingerprint density at radius 1 is 1.16 bits per heavy atom. The fraction of sp³-hybridized carbons (Fsp3) is 0.188. The van der Waals surface area contributed by atoms with Crippen LogP contribution in [0.15, 0.2) is 42.5 Å². The maximum absolute atomic E-state index is 8.87. The summed E-state index contributed by atoms with van der Waals surface area (Å²) < 4.78 is 5.58. The summed E-state index contributed by atoms with van der Waals surface area (Å²) in [7, 11) is 0. The number of hydrogen-bond acceptors (Lipinski definition) is 3. The van der Waals surface area contributed by atoms with E-state index >= 15 is 0 Å². The van der Waals surface area contributed by atoms with Gasteiger partial charge in [0.15, 0.2) is 0 Å². The van der Waals surface area contributed by atoms with Gasteiger partial charge in [0.1, 0.15) is 5.75 Å². The van der Waals surface area contributed by atoms with E-state index in [1.54, 1.807) is 6.07 Å². The Balaban J connectivity index is 2.29. The summed E-state index contributed by atoms with van der Waals surface area (Å²) in [5.41, 5.74) is 3.61. The second-order valence-electron chi connectivity index (χ2n) is 4.20. The predicted molar refractivity (Wildman–Crippen MR) is 76.8 cm³/mol. The average Bonchev–Trinajstić information content (AvgIpc) is 2.43. The summed E-state index contributed by atoms with van der Waals surface area (Å²) in [4.78, 5) is 0. The monoisotopic (exact) mass is 252 g/mol. The lowest BCUT2D eigenvalue weighted by Crippen LogP contribution is -1.98. The quantitative estimate of drug-likeness (QED) is 0.894. The Labute approximate surface area is 113 Å². The standard InChI is InChI=1S/C16H16N2O/c1-3-19-16-7-5-4-6-15(16)18-14-9-8-13(11-17)10-12(14)2/h4-10,18H,3H2,1-2H3. The van der Waals surface area contributed by atoms with Crippen molar-refractivity contribution in [3.8, 4) is 11.8 Å². The molecule has 0 heterocycles. The largest absolute Gasteiger partial charge is 0.492 e. The fourth-order valence-electron chi connectivity index (χ4n) is 1.87. The zero-order chi connectivity index (χ0) is 13.7. The predicted octanol–water partition coefficient (Wildman–Crippen LogP) is 4.01. The van der Waals surface area contributed by atoms with Gasteiger partial charge in [-0.3, -0.25) is 0 Å². The number of rotatable bonds is 4. The van der Waals surface area contributed by atoms with Crippen LogP contribution in [0, 0.1) is 18.3 Å². The minimum Gasteiger partial charge on any atom is -0.492 e. The van der Waals surface area contributed by atoms with E-state index in [2.05, 4.69) is 11.4 Å². The van der Waals surface area contributed by atoms with E-state index in [1.807, 2.05) is 50.2 Å². The summed E-state index contributed by atoms with van der Waals surface area (Å²) >= 11 is 0. The second-order valence-corrected chi connectivity index (χ2v) is 4.20. The normalized spacial score (nSPS) is 9.74. The Morgan fingerprint density at radius 3 is 2.63 bits per heavy atom. The molecule has 1 N–H and O–H groups in total. The van der Waals surface area contributed by atoms with Crippen LogP contribution < -0.4 is 10.1 Å². The number of aryl methyl sites for hydroxylation is 1. The van der Waals surface area contributed by atoms with Gasteiger partial charge in [-0.25, -0.2) is 0 Å². The molecule has 2 aromatic carbocycles. The number of nitriles is 1. The molecule has 0 aliphatic heterocycles. The van der Waals surface area contributed by atoms with Crippen LogP contribution in [0.5, 0.6) is 5.75 Å². The van der Waals surface area contributed by atoms with Gasteiger partial charge in [0, 0.05) is 5.69 Å². The van der Waals surface area contributed by atoms with Crippen LogP contribution in [0.1, 0.15) is 18.1 Å². The maximum Gasteiger partial charge on any atom is 0.142 e. The number of hydrogen-bond donors (Lipinski definition) is 1. The first-order valence-corrected chi connectivity index (χ1v) is 6.24. The SMILES string of the molecule is CCOc1ccccc1Nc1ccc(C#N)cc1C. The van der Waals surface area contributed by atoms with E-state index in [0.717, 1.165) is 22.7 Å². The van der Waals surface area contributed by atoms with Crippen molar-refractivity contribution in [3.05, 3.63) is 53.6 Å². The van der Waals surface area contributed by atoms with E-state index in [0.29, 0.717) is 12.2 Å². The molecule has 0 radical (unpaired) electrons. The molecule has 96 valence electrons. The van der Waals surface area contributed by atoms with Crippen molar-refractivity contribution in [2.24, 2.45) is 0 Å². The molecule has 0 aromatic heterocycles. The number of nitrogens with one attached hydrogen (secondary N) is 1. The van der Waals surface area contributed by atoms with Gasteiger partial charge in [0.25, 0.3) is 0 Å². The molecule has 0 fully saturated rings. The third-order valence-corrected chi connectivity index (χ3v) is 2.81. The van der Waals surface area contributed by atoms with Gasteiger partial charge in [-0.15, -0.1) is 0 Å². The van der Waals surface area contributed by atoms with Gasteiger partial charge in [0.05, 0.1) is 23.9 Å². The molecule has 0 saturated carbocycles. The fourth-order valence-corrected chi connectivity index (χ4v) is 1.87. The topological polar surface area (TPSA) is 45.0 Å². The molecule has 0 spiro atoms. The first-order valence-electron chi connectivity index (χ1n) is 6.24. The van der Waals surface area contributed by atoms with Crippen molar-refractivity contribution in [2.45, 2.75) is 13.8 Å². The Morgan fingerprint density at radius 2 is 1.95 bits per heavy atom. The zero-order valence-electron chi connectivity index (χ0n) is 11.1. The highest BCUT2D eigenvalue weighted by molar-refractivity contribution is 5.69. The van der Waals surface area contributed by atoms with Crippen LogP contribution >= 0.6 is 0 Å². The lowest BCUT2D eigenvalue weighted by Gasteiger charge is -2.14. The minimum atomic E-state index is 0.630. The average molecular weight is 252 g/mol. The third kappa shape index (κ3) is 3.05. The molecule has 0 atom stereocenters. The van der Waals surface area contributed by atoms with Crippen LogP contribution in [0.3, 0.4) is 0 Å².